The number of nitrogens with one attached hydrogen (secondary N) is 1. The summed E-state index contributed by atoms with van der Waals surface area (Å²) in [6, 6.07) is 1.71. The number of carbonyl (C=O) groups excluding carboxylic acids is 1. The molecule has 2 unspecified atom stereocenters. The fourth-order valence-electron chi connectivity index (χ4n) is 2.26. The number of carboxylic acids is 1. The van der Waals surface area contributed by atoms with Gasteiger partial charge in [0.05, 0.1) is 12.3 Å². The fraction of sp³-hybridized carbons (Fsp3) is 0.500. The van der Waals surface area contributed by atoms with Crippen LogP contribution in [-0.4, -0.2) is 23.0 Å². The van der Waals surface area contributed by atoms with Gasteiger partial charge < -0.3 is 10.4 Å². The Morgan fingerprint density at radius 2 is 2.29 bits per heavy atom. The molecule has 5 heteroatoms. The summed E-state index contributed by atoms with van der Waals surface area (Å²) in [5, 5.41) is 15.7. The van der Waals surface area contributed by atoms with Crippen LogP contribution >= 0.6 is 11.3 Å². The topological polar surface area (TPSA) is 66.4 Å². The van der Waals surface area contributed by atoms with E-state index in [9.17, 15) is 9.59 Å². The molecule has 2 N–H and O–H groups in total. The minimum absolute atomic E-state index is 0.0819. The van der Waals surface area contributed by atoms with Gasteiger partial charge in [0.1, 0.15) is 0 Å². The molecule has 17 heavy (non-hydrogen) atoms. The maximum Gasteiger partial charge on any atom is 0.308 e. The third-order valence-corrected chi connectivity index (χ3v) is 3.86. The van der Waals surface area contributed by atoms with Crippen LogP contribution in [0.15, 0.2) is 16.8 Å². The molecule has 0 spiro atoms. The standard InChI is InChI=1S/C12H15NO3S/c14-11(6-8-4-5-17-7-8)13-10-3-1-2-9(10)12(15)16/h4-5,7,9-10H,1-3,6H2,(H,13,14)(H,15,16). The molecule has 1 aliphatic carbocycles. The minimum atomic E-state index is -0.802. The van der Waals surface area contributed by atoms with Gasteiger partial charge in [-0.1, -0.05) is 6.42 Å². The molecule has 1 amide bonds. The van der Waals surface area contributed by atoms with Gasteiger partial charge in [0.2, 0.25) is 5.91 Å². The normalized spacial score (nSPS) is 23.5. The average molecular weight is 253 g/mol. The van der Waals surface area contributed by atoms with Crippen LogP contribution in [0.5, 0.6) is 0 Å². The molecule has 1 aromatic rings. The van der Waals surface area contributed by atoms with E-state index in [4.69, 9.17) is 5.11 Å². The number of carboxylic acid groups (broad SMARTS) is 1. The van der Waals surface area contributed by atoms with Crippen molar-refractivity contribution in [3.8, 4) is 0 Å². The highest BCUT2D eigenvalue weighted by atomic mass is 32.1. The van der Waals surface area contributed by atoms with E-state index in [1.54, 1.807) is 11.3 Å². The second-order valence-corrected chi connectivity index (χ2v) is 5.14. The summed E-state index contributed by atoms with van der Waals surface area (Å²) in [4.78, 5) is 22.7. The Hall–Kier alpha value is -1.36. The second-order valence-electron chi connectivity index (χ2n) is 4.36. The van der Waals surface area contributed by atoms with E-state index in [1.165, 1.54) is 0 Å². The lowest BCUT2D eigenvalue weighted by Gasteiger charge is -2.17. The lowest BCUT2D eigenvalue weighted by atomic mass is 10.0. The highest BCUT2D eigenvalue weighted by molar-refractivity contribution is 7.07. The van der Waals surface area contributed by atoms with Crippen molar-refractivity contribution < 1.29 is 14.7 Å². The van der Waals surface area contributed by atoms with Crippen LogP contribution in [0, 0.1) is 5.92 Å². The molecular formula is C12H15NO3S. The number of rotatable bonds is 4. The van der Waals surface area contributed by atoms with Gasteiger partial charge in [-0.3, -0.25) is 9.59 Å². The highest BCUT2D eigenvalue weighted by Crippen LogP contribution is 2.25. The Morgan fingerprint density at radius 3 is 2.94 bits per heavy atom. The maximum atomic E-state index is 11.7. The number of thiophene rings is 1. The average Bonchev–Trinajstić information content (AvgIpc) is 2.88. The van der Waals surface area contributed by atoms with Crippen LogP contribution in [0.1, 0.15) is 24.8 Å². The Bertz CT molecular complexity index is 402. The van der Waals surface area contributed by atoms with E-state index in [-0.39, 0.29) is 11.9 Å². The summed E-state index contributed by atoms with van der Waals surface area (Å²) in [6.45, 7) is 0. The van der Waals surface area contributed by atoms with Gasteiger partial charge in [-0.15, -0.1) is 0 Å². The van der Waals surface area contributed by atoms with Crippen LogP contribution in [0.2, 0.25) is 0 Å². The van der Waals surface area contributed by atoms with Gasteiger partial charge >= 0.3 is 5.97 Å². The fourth-order valence-corrected chi connectivity index (χ4v) is 2.93. The number of hydrogen-bond donors (Lipinski definition) is 2. The molecule has 0 bridgehead atoms. The quantitative estimate of drug-likeness (QED) is 0.857. The molecule has 4 nitrogen and oxygen atoms in total. The Balaban J connectivity index is 1.88. The van der Waals surface area contributed by atoms with Crippen LogP contribution < -0.4 is 5.32 Å². The molecule has 1 aliphatic rings. The van der Waals surface area contributed by atoms with Crippen molar-refractivity contribution in [2.24, 2.45) is 5.92 Å². The SMILES string of the molecule is O=C(Cc1ccsc1)NC1CCCC1C(=O)O. The van der Waals surface area contributed by atoms with Gasteiger partial charge in [0.15, 0.2) is 0 Å². The van der Waals surface area contributed by atoms with Gasteiger partial charge in [0, 0.05) is 6.04 Å². The number of carbonyl (C=O) groups is 2. The largest absolute Gasteiger partial charge is 0.481 e. The van der Waals surface area contributed by atoms with Crippen molar-refractivity contribution in [1.82, 2.24) is 5.32 Å². The molecular weight excluding hydrogens is 238 g/mol. The molecule has 2 atom stereocenters. The molecule has 92 valence electrons. The molecule has 1 saturated carbocycles. The zero-order valence-electron chi connectivity index (χ0n) is 9.39. The first kappa shape index (κ1) is 12.1. The summed E-state index contributed by atoms with van der Waals surface area (Å²) in [7, 11) is 0. The number of hydrogen-bond acceptors (Lipinski definition) is 3. The van der Waals surface area contributed by atoms with E-state index in [2.05, 4.69) is 5.32 Å². The second kappa shape index (κ2) is 5.31. The molecule has 0 saturated heterocycles. The molecule has 0 aliphatic heterocycles. The highest BCUT2D eigenvalue weighted by Gasteiger charge is 2.33. The Kier molecular flexibility index (Phi) is 3.78. The third kappa shape index (κ3) is 3.06. The van der Waals surface area contributed by atoms with Gasteiger partial charge in [-0.05, 0) is 35.2 Å². The monoisotopic (exact) mass is 253 g/mol. The van der Waals surface area contributed by atoms with Crippen LogP contribution in [0.25, 0.3) is 0 Å². The van der Waals surface area contributed by atoms with E-state index in [0.29, 0.717) is 12.8 Å². The number of amides is 1. The summed E-state index contributed by atoms with van der Waals surface area (Å²) in [6.07, 6.45) is 2.65. The van der Waals surface area contributed by atoms with E-state index in [1.807, 2.05) is 16.8 Å². The summed E-state index contributed by atoms with van der Waals surface area (Å²) < 4.78 is 0. The van der Waals surface area contributed by atoms with Crippen molar-refractivity contribution in [3.05, 3.63) is 22.4 Å². The minimum Gasteiger partial charge on any atom is -0.481 e. The van der Waals surface area contributed by atoms with Crippen molar-refractivity contribution in [3.63, 3.8) is 0 Å². The zero-order chi connectivity index (χ0) is 12.3. The molecule has 0 radical (unpaired) electrons. The van der Waals surface area contributed by atoms with Gasteiger partial charge in [0.25, 0.3) is 0 Å². The van der Waals surface area contributed by atoms with Crippen molar-refractivity contribution >= 4 is 23.2 Å². The van der Waals surface area contributed by atoms with Crippen LogP contribution in [0.3, 0.4) is 0 Å². The van der Waals surface area contributed by atoms with E-state index in [0.717, 1.165) is 18.4 Å². The molecule has 1 aromatic heterocycles. The van der Waals surface area contributed by atoms with Crippen LogP contribution in [0.4, 0.5) is 0 Å². The lowest BCUT2D eigenvalue weighted by Crippen LogP contribution is -2.40. The van der Waals surface area contributed by atoms with Gasteiger partial charge in [-0.25, -0.2) is 0 Å². The first-order valence-corrected chi connectivity index (χ1v) is 6.64. The van der Waals surface area contributed by atoms with Gasteiger partial charge in [-0.2, -0.15) is 11.3 Å². The van der Waals surface area contributed by atoms with Crippen molar-refractivity contribution in [1.29, 1.82) is 0 Å². The lowest BCUT2D eigenvalue weighted by molar-refractivity contribution is -0.142. The Labute approximate surface area is 104 Å². The van der Waals surface area contributed by atoms with E-state index >= 15 is 0 Å². The zero-order valence-corrected chi connectivity index (χ0v) is 10.2. The Morgan fingerprint density at radius 1 is 1.47 bits per heavy atom. The predicted molar refractivity (Wildman–Crippen MR) is 64.9 cm³/mol. The first-order valence-electron chi connectivity index (χ1n) is 5.70. The molecule has 1 fully saturated rings. The van der Waals surface area contributed by atoms with Crippen molar-refractivity contribution in [2.75, 3.05) is 0 Å². The number of aliphatic carboxylic acids is 1. The first-order chi connectivity index (χ1) is 8.16. The van der Waals surface area contributed by atoms with Crippen molar-refractivity contribution in [2.45, 2.75) is 31.7 Å². The predicted octanol–water partition coefficient (Wildman–Crippen LogP) is 1.66. The van der Waals surface area contributed by atoms with Crippen LogP contribution in [-0.2, 0) is 16.0 Å². The smallest absolute Gasteiger partial charge is 0.308 e. The third-order valence-electron chi connectivity index (χ3n) is 3.12. The maximum absolute atomic E-state index is 11.7. The summed E-state index contributed by atoms with van der Waals surface area (Å²) in [5.41, 5.74) is 0.984. The molecule has 2 rings (SSSR count). The van der Waals surface area contributed by atoms with E-state index < -0.39 is 11.9 Å². The summed E-state index contributed by atoms with van der Waals surface area (Å²) in [5.74, 6) is -1.30. The molecule has 1 heterocycles. The molecule has 0 aromatic carbocycles. The summed E-state index contributed by atoms with van der Waals surface area (Å²) >= 11 is 1.56.